The van der Waals surface area contributed by atoms with Crippen LogP contribution in [-0.2, 0) is 0 Å². The van der Waals surface area contributed by atoms with Crippen LogP contribution in [-0.4, -0.2) is 24.0 Å². The standard InChI is InChI=1S/C14H26N2S/c1-5-7-11(3)16(4)14(13(15)6-2)12-8-9-17-10-12/h8-11,13-14H,5-7,15H2,1-4H3. The van der Waals surface area contributed by atoms with E-state index in [0.29, 0.717) is 12.1 Å². The predicted octanol–water partition coefficient (Wildman–Crippen LogP) is 3.65. The number of thiophene rings is 1. The molecule has 2 N–H and O–H groups in total. The lowest BCUT2D eigenvalue weighted by Crippen LogP contribution is -2.42. The maximum atomic E-state index is 6.31. The second kappa shape index (κ2) is 7.14. The van der Waals surface area contributed by atoms with Crippen LogP contribution >= 0.6 is 11.3 Å². The summed E-state index contributed by atoms with van der Waals surface area (Å²) in [5.74, 6) is 0. The minimum atomic E-state index is 0.217. The maximum absolute atomic E-state index is 6.31. The van der Waals surface area contributed by atoms with E-state index in [4.69, 9.17) is 5.73 Å². The monoisotopic (exact) mass is 254 g/mol. The van der Waals surface area contributed by atoms with E-state index >= 15 is 0 Å². The summed E-state index contributed by atoms with van der Waals surface area (Å²) < 4.78 is 0. The summed E-state index contributed by atoms with van der Waals surface area (Å²) in [5, 5.41) is 4.37. The molecular weight excluding hydrogens is 228 g/mol. The maximum Gasteiger partial charge on any atom is 0.0507 e. The van der Waals surface area contributed by atoms with Gasteiger partial charge in [-0.2, -0.15) is 11.3 Å². The average Bonchev–Trinajstić information content (AvgIpc) is 2.82. The van der Waals surface area contributed by atoms with Crippen LogP contribution in [0.25, 0.3) is 0 Å². The molecule has 1 heterocycles. The molecule has 3 atom stereocenters. The lowest BCUT2D eigenvalue weighted by atomic mass is 9.97. The van der Waals surface area contributed by atoms with Crippen molar-refractivity contribution in [3.05, 3.63) is 22.4 Å². The van der Waals surface area contributed by atoms with Crippen molar-refractivity contribution in [1.82, 2.24) is 4.90 Å². The van der Waals surface area contributed by atoms with Crippen molar-refractivity contribution >= 4 is 11.3 Å². The summed E-state index contributed by atoms with van der Waals surface area (Å²) in [6.07, 6.45) is 3.47. The van der Waals surface area contributed by atoms with Gasteiger partial charge in [0.25, 0.3) is 0 Å². The first kappa shape index (κ1) is 14.7. The summed E-state index contributed by atoms with van der Waals surface area (Å²) in [7, 11) is 2.21. The Hall–Kier alpha value is -0.380. The second-order valence-electron chi connectivity index (χ2n) is 4.88. The van der Waals surface area contributed by atoms with Gasteiger partial charge in [-0.25, -0.2) is 0 Å². The van der Waals surface area contributed by atoms with Gasteiger partial charge >= 0.3 is 0 Å². The van der Waals surface area contributed by atoms with Crippen molar-refractivity contribution in [3.8, 4) is 0 Å². The third-order valence-electron chi connectivity index (χ3n) is 3.60. The van der Waals surface area contributed by atoms with Crippen LogP contribution in [0.2, 0.25) is 0 Å². The Kier molecular flexibility index (Phi) is 6.17. The molecule has 0 bridgehead atoms. The number of hydrogen-bond donors (Lipinski definition) is 1. The highest BCUT2D eigenvalue weighted by Crippen LogP contribution is 2.28. The van der Waals surface area contributed by atoms with Gasteiger partial charge in [-0.15, -0.1) is 0 Å². The fourth-order valence-electron chi connectivity index (χ4n) is 2.35. The first-order valence-electron chi connectivity index (χ1n) is 6.61. The van der Waals surface area contributed by atoms with Gasteiger partial charge in [0.15, 0.2) is 0 Å². The predicted molar refractivity (Wildman–Crippen MR) is 77.5 cm³/mol. The van der Waals surface area contributed by atoms with Gasteiger partial charge < -0.3 is 5.73 Å². The Morgan fingerprint density at radius 2 is 2.12 bits per heavy atom. The largest absolute Gasteiger partial charge is 0.326 e. The van der Waals surface area contributed by atoms with Crippen molar-refractivity contribution < 1.29 is 0 Å². The number of nitrogens with two attached hydrogens (primary N) is 1. The number of likely N-dealkylation sites (N-methyl/N-ethyl adjacent to an activating group) is 1. The van der Waals surface area contributed by atoms with Crippen LogP contribution in [0.3, 0.4) is 0 Å². The molecule has 2 nitrogen and oxygen atoms in total. The van der Waals surface area contributed by atoms with E-state index in [9.17, 15) is 0 Å². The van der Waals surface area contributed by atoms with E-state index in [0.717, 1.165) is 6.42 Å². The molecule has 0 radical (unpaired) electrons. The van der Waals surface area contributed by atoms with Gasteiger partial charge in [-0.05, 0) is 49.2 Å². The molecule has 0 aliphatic carbocycles. The van der Waals surface area contributed by atoms with Crippen LogP contribution in [0.1, 0.15) is 51.6 Å². The first-order valence-corrected chi connectivity index (χ1v) is 7.55. The van der Waals surface area contributed by atoms with E-state index < -0.39 is 0 Å². The molecule has 0 saturated heterocycles. The summed E-state index contributed by atoms with van der Waals surface area (Å²) in [6.45, 7) is 6.71. The van der Waals surface area contributed by atoms with Crippen molar-refractivity contribution in [2.75, 3.05) is 7.05 Å². The Labute approximate surface area is 110 Å². The molecule has 0 fully saturated rings. The third-order valence-corrected chi connectivity index (χ3v) is 4.30. The lowest BCUT2D eigenvalue weighted by Gasteiger charge is -2.36. The van der Waals surface area contributed by atoms with Gasteiger partial charge in [0.05, 0.1) is 6.04 Å². The van der Waals surface area contributed by atoms with Crippen molar-refractivity contribution in [2.45, 2.75) is 58.2 Å². The molecule has 1 aromatic heterocycles. The molecule has 0 saturated carbocycles. The Morgan fingerprint density at radius 3 is 2.59 bits per heavy atom. The highest BCUT2D eigenvalue weighted by molar-refractivity contribution is 7.07. The highest BCUT2D eigenvalue weighted by atomic mass is 32.1. The number of nitrogens with zero attached hydrogens (tertiary/aromatic N) is 1. The Morgan fingerprint density at radius 1 is 1.41 bits per heavy atom. The van der Waals surface area contributed by atoms with Crippen LogP contribution in [0.4, 0.5) is 0 Å². The molecule has 98 valence electrons. The average molecular weight is 254 g/mol. The number of rotatable bonds is 7. The zero-order valence-corrected chi connectivity index (χ0v) is 12.3. The molecule has 0 spiro atoms. The van der Waals surface area contributed by atoms with Gasteiger partial charge in [-0.3, -0.25) is 4.90 Å². The van der Waals surface area contributed by atoms with E-state index in [1.165, 1.54) is 18.4 Å². The zero-order chi connectivity index (χ0) is 12.8. The molecule has 0 amide bonds. The summed E-state index contributed by atoms with van der Waals surface area (Å²) in [6, 6.07) is 3.37. The minimum Gasteiger partial charge on any atom is -0.326 e. The lowest BCUT2D eigenvalue weighted by molar-refractivity contribution is 0.151. The van der Waals surface area contributed by atoms with Crippen molar-refractivity contribution in [2.24, 2.45) is 5.73 Å². The SMILES string of the molecule is CCCC(C)N(C)C(c1ccsc1)C(N)CC. The minimum absolute atomic E-state index is 0.217. The third kappa shape index (κ3) is 3.80. The van der Waals surface area contributed by atoms with E-state index in [-0.39, 0.29) is 6.04 Å². The Balaban J connectivity index is 2.83. The van der Waals surface area contributed by atoms with E-state index in [2.05, 4.69) is 49.5 Å². The molecule has 1 aromatic rings. The molecule has 3 unspecified atom stereocenters. The molecule has 0 aliphatic heterocycles. The van der Waals surface area contributed by atoms with E-state index in [1.807, 2.05) is 0 Å². The van der Waals surface area contributed by atoms with Crippen LogP contribution in [0.15, 0.2) is 16.8 Å². The second-order valence-corrected chi connectivity index (χ2v) is 5.66. The highest BCUT2D eigenvalue weighted by Gasteiger charge is 2.26. The summed E-state index contributed by atoms with van der Waals surface area (Å²) in [5.41, 5.74) is 7.68. The van der Waals surface area contributed by atoms with Gasteiger partial charge in [0.2, 0.25) is 0 Å². The van der Waals surface area contributed by atoms with E-state index in [1.54, 1.807) is 11.3 Å². The van der Waals surface area contributed by atoms with Gasteiger partial charge in [0.1, 0.15) is 0 Å². The quantitative estimate of drug-likeness (QED) is 0.805. The fourth-order valence-corrected chi connectivity index (χ4v) is 3.04. The molecule has 17 heavy (non-hydrogen) atoms. The van der Waals surface area contributed by atoms with Crippen molar-refractivity contribution in [1.29, 1.82) is 0 Å². The Bertz CT molecular complexity index is 297. The van der Waals surface area contributed by atoms with Crippen LogP contribution in [0.5, 0.6) is 0 Å². The van der Waals surface area contributed by atoms with Gasteiger partial charge in [0, 0.05) is 12.1 Å². The van der Waals surface area contributed by atoms with Gasteiger partial charge in [-0.1, -0.05) is 20.3 Å². The molecule has 0 aromatic carbocycles. The fraction of sp³-hybridized carbons (Fsp3) is 0.714. The molecule has 1 rings (SSSR count). The zero-order valence-electron chi connectivity index (χ0n) is 11.5. The summed E-state index contributed by atoms with van der Waals surface area (Å²) >= 11 is 1.76. The smallest absolute Gasteiger partial charge is 0.0507 e. The van der Waals surface area contributed by atoms with Crippen LogP contribution < -0.4 is 5.73 Å². The topological polar surface area (TPSA) is 29.3 Å². The molecular formula is C14H26N2S. The van der Waals surface area contributed by atoms with Crippen molar-refractivity contribution in [3.63, 3.8) is 0 Å². The first-order chi connectivity index (χ1) is 8.11. The normalized spacial score (nSPS) is 17.1. The molecule has 3 heteroatoms. The van der Waals surface area contributed by atoms with Crippen LogP contribution in [0, 0.1) is 0 Å². The number of hydrogen-bond acceptors (Lipinski definition) is 3. The summed E-state index contributed by atoms with van der Waals surface area (Å²) in [4.78, 5) is 2.44. The molecule has 0 aliphatic rings.